The van der Waals surface area contributed by atoms with Gasteiger partial charge in [0.1, 0.15) is 5.54 Å². The van der Waals surface area contributed by atoms with Crippen LogP contribution >= 0.6 is 0 Å². The van der Waals surface area contributed by atoms with E-state index in [0.29, 0.717) is 25.4 Å². The Morgan fingerprint density at radius 3 is 2.65 bits per heavy atom. The standard InChI is InChI=1S/C11H19N3O3/c1-14-6-2-3-8(14)7-12-10(17)13-11(4-5-11)9(15)16/h8H,2-7H2,1H3,(H,15,16)(H2,12,13,17). The molecule has 1 heterocycles. The molecule has 17 heavy (non-hydrogen) atoms. The molecule has 0 radical (unpaired) electrons. The van der Waals surface area contributed by atoms with Crippen LogP contribution in [0.5, 0.6) is 0 Å². The normalized spacial score (nSPS) is 26.5. The molecule has 2 fully saturated rings. The maximum Gasteiger partial charge on any atom is 0.329 e. The number of amides is 2. The lowest BCUT2D eigenvalue weighted by atomic mass is 10.2. The highest BCUT2D eigenvalue weighted by Crippen LogP contribution is 2.35. The van der Waals surface area contributed by atoms with Crippen molar-refractivity contribution in [3.63, 3.8) is 0 Å². The number of carboxylic acids is 1. The number of carbonyl (C=O) groups is 2. The molecule has 0 aromatic rings. The molecule has 3 N–H and O–H groups in total. The third kappa shape index (κ3) is 2.69. The second-order valence-corrected chi connectivity index (χ2v) is 5.00. The second kappa shape index (κ2) is 4.52. The van der Waals surface area contributed by atoms with Crippen molar-refractivity contribution in [2.24, 2.45) is 0 Å². The van der Waals surface area contributed by atoms with E-state index in [0.717, 1.165) is 19.4 Å². The largest absolute Gasteiger partial charge is 0.480 e. The van der Waals surface area contributed by atoms with Gasteiger partial charge in [0.2, 0.25) is 0 Å². The summed E-state index contributed by atoms with van der Waals surface area (Å²) in [6.45, 7) is 1.64. The van der Waals surface area contributed by atoms with Gasteiger partial charge in [-0.1, -0.05) is 0 Å². The van der Waals surface area contributed by atoms with E-state index in [2.05, 4.69) is 15.5 Å². The van der Waals surface area contributed by atoms with Gasteiger partial charge < -0.3 is 20.6 Å². The lowest BCUT2D eigenvalue weighted by molar-refractivity contribution is -0.140. The lowest BCUT2D eigenvalue weighted by Crippen LogP contribution is -2.50. The molecule has 1 aliphatic heterocycles. The molecule has 2 aliphatic rings. The number of likely N-dealkylation sites (tertiary alicyclic amines) is 1. The maximum absolute atomic E-state index is 11.6. The van der Waals surface area contributed by atoms with E-state index >= 15 is 0 Å². The number of rotatable bonds is 4. The smallest absolute Gasteiger partial charge is 0.329 e. The molecule has 1 saturated heterocycles. The summed E-state index contributed by atoms with van der Waals surface area (Å²) in [4.78, 5) is 24.7. The zero-order chi connectivity index (χ0) is 12.5. The molecule has 1 saturated carbocycles. The van der Waals surface area contributed by atoms with E-state index < -0.39 is 11.5 Å². The molecule has 6 nitrogen and oxygen atoms in total. The number of urea groups is 1. The van der Waals surface area contributed by atoms with Gasteiger partial charge in [0, 0.05) is 12.6 Å². The molecule has 0 bridgehead atoms. The molecule has 96 valence electrons. The highest BCUT2D eigenvalue weighted by molar-refractivity contribution is 5.88. The number of hydrogen-bond acceptors (Lipinski definition) is 3. The summed E-state index contributed by atoms with van der Waals surface area (Å²) in [6.07, 6.45) is 3.29. The molecule has 1 unspecified atom stereocenters. The summed E-state index contributed by atoms with van der Waals surface area (Å²) in [7, 11) is 2.04. The number of likely N-dealkylation sites (N-methyl/N-ethyl adjacent to an activating group) is 1. The molecule has 6 heteroatoms. The Hall–Kier alpha value is -1.30. The molecule has 1 aliphatic carbocycles. The van der Waals surface area contributed by atoms with Crippen LogP contribution in [0.1, 0.15) is 25.7 Å². The molecular formula is C11H19N3O3. The van der Waals surface area contributed by atoms with Crippen LogP contribution in [-0.4, -0.2) is 53.7 Å². The van der Waals surface area contributed by atoms with Crippen LogP contribution in [0, 0.1) is 0 Å². The first-order chi connectivity index (χ1) is 8.03. The molecule has 0 spiro atoms. The van der Waals surface area contributed by atoms with Crippen molar-refractivity contribution in [1.82, 2.24) is 15.5 Å². The number of aliphatic carboxylic acids is 1. The van der Waals surface area contributed by atoms with Crippen molar-refractivity contribution in [3.8, 4) is 0 Å². The summed E-state index contributed by atoms with van der Waals surface area (Å²) in [5, 5.41) is 14.2. The molecular weight excluding hydrogens is 222 g/mol. The summed E-state index contributed by atoms with van der Waals surface area (Å²) in [6, 6.07) is 0.00549. The maximum atomic E-state index is 11.6. The van der Waals surface area contributed by atoms with Crippen molar-refractivity contribution in [1.29, 1.82) is 0 Å². The van der Waals surface area contributed by atoms with Crippen LogP contribution in [0.15, 0.2) is 0 Å². The summed E-state index contributed by atoms with van der Waals surface area (Å²) < 4.78 is 0. The first kappa shape index (κ1) is 12.2. The predicted molar refractivity (Wildman–Crippen MR) is 61.8 cm³/mol. The van der Waals surface area contributed by atoms with Crippen molar-refractivity contribution in [2.75, 3.05) is 20.1 Å². The monoisotopic (exact) mass is 241 g/mol. The molecule has 2 rings (SSSR count). The van der Waals surface area contributed by atoms with Gasteiger partial charge >= 0.3 is 12.0 Å². The van der Waals surface area contributed by atoms with Gasteiger partial charge in [-0.15, -0.1) is 0 Å². The van der Waals surface area contributed by atoms with Crippen LogP contribution in [-0.2, 0) is 4.79 Å². The van der Waals surface area contributed by atoms with E-state index in [1.807, 2.05) is 7.05 Å². The first-order valence-corrected chi connectivity index (χ1v) is 6.03. The van der Waals surface area contributed by atoms with Crippen LogP contribution in [0.4, 0.5) is 4.79 Å². The van der Waals surface area contributed by atoms with Crippen LogP contribution in [0.3, 0.4) is 0 Å². The van der Waals surface area contributed by atoms with Gasteiger partial charge in [-0.3, -0.25) is 0 Å². The average Bonchev–Trinajstić information content (AvgIpc) is 2.93. The number of nitrogens with one attached hydrogen (secondary N) is 2. The molecule has 1 atom stereocenters. The Morgan fingerprint density at radius 2 is 2.18 bits per heavy atom. The van der Waals surface area contributed by atoms with E-state index in [1.165, 1.54) is 0 Å². The first-order valence-electron chi connectivity index (χ1n) is 6.03. The Labute approximate surface area is 100 Å². The topological polar surface area (TPSA) is 81.7 Å². The SMILES string of the molecule is CN1CCCC1CNC(=O)NC1(C(=O)O)CC1. The zero-order valence-corrected chi connectivity index (χ0v) is 10.0. The number of carboxylic acid groups (broad SMARTS) is 1. The second-order valence-electron chi connectivity index (χ2n) is 5.00. The minimum atomic E-state index is -0.994. The third-order valence-electron chi connectivity index (χ3n) is 3.68. The van der Waals surface area contributed by atoms with Gasteiger partial charge in [-0.25, -0.2) is 9.59 Å². The average molecular weight is 241 g/mol. The Balaban J connectivity index is 1.73. The van der Waals surface area contributed by atoms with Gasteiger partial charge in [0.15, 0.2) is 0 Å². The van der Waals surface area contributed by atoms with Gasteiger partial charge in [-0.05, 0) is 39.3 Å². The summed E-state index contributed by atoms with van der Waals surface area (Å²) in [5.74, 6) is -0.939. The highest BCUT2D eigenvalue weighted by atomic mass is 16.4. The molecule has 0 aromatic heterocycles. The Morgan fingerprint density at radius 1 is 1.47 bits per heavy atom. The number of carbonyl (C=O) groups excluding carboxylic acids is 1. The quantitative estimate of drug-likeness (QED) is 0.647. The van der Waals surface area contributed by atoms with Gasteiger partial charge in [0.05, 0.1) is 0 Å². The van der Waals surface area contributed by atoms with Crippen LogP contribution in [0.2, 0.25) is 0 Å². The number of nitrogens with zero attached hydrogens (tertiary/aromatic N) is 1. The van der Waals surface area contributed by atoms with E-state index in [4.69, 9.17) is 5.11 Å². The molecule has 0 aromatic carbocycles. The summed E-state index contributed by atoms with van der Waals surface area (Å²) in [5.41, 5.74) is -0.994. The van der Waals surface area contributed by atoms with Crippen molar-refractivity contribution in [3.05, 3.63) is 0 Å². The van der Waals surface area contributed by atoms with E-state index in [-0.39, 0.29) is 6.03 Å². The third-order valence-corrected chi connectivity index (χ3v) is 3.68. The fourth-order valence-electron chi connectivity index (χ4n) is 2.23. The zero-order valence-electron chi connectivity index (χ0n) is 10.0. The Bertz CT molecular complexity index is 328. The highest BCUT2D eigenvalue weighted by Gasteiger charge is 2.51. The predicted octanol–water partition coefficient (Wildman–Crippen LogP) is -0.00300. The van der Waals surface area contributed by atoms with Crippen molar-refractivity contribution in [2.45, 2.75) is 37.3 Å². The summed E-state index contributed by atoms with van der Waals surface area (Å²) >= 11 is 0. The van der Waals surface area contributed by atoms with E-state index in [1.54, 1.807) is 0 Å². The lowest BCUT2D eigenvalue weighted by Gasteiger charge is -2.20. The van der Waals surface area contributed by atoms with Gasteiger partial charge in [0.25, 0.3) is 0 Å². The number of hydrogen-bond donors (Lipinski definition) is 3. The van der Waals surface area contributed by atoms with Crippen molar-refractivity contribution >= 4 is 12.0 Å². The fourth-order valence-corrected chi connectivity index (χ4v) is 2.23. The van der Waals surface area contributed by atoms with E-state index in [9.17, 15) is 9.59 Å². The van der Waals surface area contributed by atoms with Gasteiger partial charge in [-0.2, -0.15) is 0 Å². The van der Waals surface area contributed by atoms with Crippen molar-refractivity contribution < 1.29 is 14.7 Å². The van der Waals surface area contributed by atoms with Crippen LogP contribution < -0.4 is 10.6 Å². The fraction of sp³-hybridized carbons (Fsp3) is 0.818. The Kier molecular flexibility index (Phi) is 3.24. The van der Waals surface area contributed by atoms with Crippen LogP contribution in [0.25, 0.3) is 0 Å². The minimum Gasteiger partial charge on any atom is -0.480 e. The minimum absolute atomic E-state index is 0.370. The molecule has 2 amide bonds.